The molecule has 0 aliphatic carbocycles. The van der Waals surface area contributed by atoms with E-state index in [1.54, 1.807) is 25.3 Å². The molecule has 0 saturated heterocycles. The van der Waals surface area contributed by atoms with E-state index in [1.807, 2.05) is 36.4 Å². The summed E-state index contributed by atoms with van der Waals surface area (Å²) in [6.45, 7) is 0. The highest BCUT2D eigenvalue weighted by Gasteiger charge is 2.04. The van der Waals surface area contributed by atoms with Crippen molar-refractivity contribution in [3.05, 3.63) is 64.6 Å². The van der Waals surface area contributed by atoms with Gasteiger partial charge < -0.3 is 10.1 Å². The zero-order chi connectivity index (χ0) is 14.4. The summed E-state index contributed by atoms with van der Waals surface area (Å²) in [7, 11) is 1.57. The fourth-order valence-electron chi connectivity index (χ4n) is 1.70. The van der Waals surface area contributed by atoms with Crippen LogP contribution in [0.15, 0.2) is 59.1 Å². The second-order valence-electron chi connectivity index (χ2n) is 4.04. The number of ether oxygens (including phenoxy) is 1. The Kier molecular flexibility index (Phi) is 4.96. The van der Waals surface area contributed by atoms with E-state index in [1.165, 1.54) is 6.08 Å². The summed E-state index contributed by atoms with van der Waals surface area (Å²) in [6.07, 6.45) is 3.25. The number of para-hydroxylation sites is 2. The molecule has 0 heterocycles. The quantitative estimate of drug-likeness (QED) is 0.856. The summed E-state index contributed by atoms with van der Waals surface area (Å²) in [4.78, 5) is 11.9. The molecule has 0 fully saturated rings. The van der Waals surface area contributed by atoms with Gasteiger partial charge in [0.15, 0.2) is 0 Å². The second-order valence-corrected chi connectivity index (χ2v) is 4.90. The first-order valence-electron chi connectivity index (χ1n) is 6.07. The number of rotatable bonds is 4. The summed E-state index contributed by atoms with van der Waals surface area (Å²) in [5.41, 5.74) is 1.60. The van der Waals surface area contributed by atoms with Gasteiger partial charge in [0.05, 0.1) is 12.8 Å². The fraction of sp³-hybridized carbons (Fsp3) is 0.0625. The minimum absolute atomic E-state index is 0.203. The number of amides is 1. The number of benzene rings is 2. The third-order valence-corrected chi connectivity index (χ3v) is 3.41. The van der Waals surface area contributed by atoms with Crippen LogP contribution in [0, 0.1) is 0 Å². The number of anilines is 1. The normalized spacial score (nSPS) is 10.5. The van der Waals surface area contributed by atoms with Crippen molar-refractivity contribution in [1.29, 1.82) is 0 Å². The molecule has 0 spiro atoms. The van der Waals surface area contributed by atoms with Gasteiger partial charge in [0.1, 0.15) is 5.75 Å². The number of halogens is 1. The Morgan fingerprint density at radius 3 is 2.60 bits per heavy atom. The molecular formula is C16H14BrNO2. The third kappa shape index (κ3) is 3.71. The lowest BCUT2D eigenvalue weighted by Gasteiger charge is -2.07. The van der Waals surface area contributed by atoms with Crippen LogP contribution >= 0.6 is 15.9 Å². The molecule has 2 aromatic rings. The van der Waals surface area contributed by atoms with Crippen LogP contribution in [-0.2, 0) is 4.79 Å². The first kappa shape index (κ1) is 14.3. The highest BCUT2D eigenvalue weighted by molar-refractivity contribution is 9.10. The van der Waals surface area contributed by atoms with Crippen molar-refractivity contribution in [1.82, 2.24) is 0 Å². The molecule has 0 radical (unpaired) electrons. The average molecular weight is 332 g/mol. The van der Waals surface area contributed by atoms with Gasteiger partial charge in [0.2, 0.25) is 5.91 Å². The smallest absolute Gasteiger partial charge is 0.248 e. The summed E-state index contributed by atoms with van der Waals surface area (Å²) in [5, 5.41) is 2.79. The van der Waals surface area contributed by atoms with Crippen molar-refractivity contribution >= 4 is 33.6 Å². The van der Waals surface area contributed by atoms with Crippen LogP contribution in [-0.4, -0.2) is 13.0 Å². The summed E-state index contributed by atoms with van der Waals surface area (Å²) in [6, 6.07) is 15.0. The molecule has 4 heteroatoms. The minimum atomic E-state index is -0.203. The molecule has 102 valence electrons. The Labute approximate surface area is 126 Å². The molecule has 0 bridgehead atoms. The van der Waals surface area contributed by atoms with E-state index >= 15 is 0 Å². The van der Waals surface area contributed by atoms with Crippen molar-refractivity contribution in [2.24, 2.45) is 0 Å². The number of carbonyl (C=O) groups is 1. The molecule has 0 aliphatic rings. The fourth-order valence-corrected chi connectivity index (χ4v) is 2.11. The third-order valence-electron chi connectivity index (χ3n) is 2.68. The van der Waals surface area contributed by atoms with E-state index in [9.17, 15) is 4.79 Å². The molecule has 20 heavy (non-hydrogen) atoms. The highest BCUT2D eigenvalue weighted by atomic mass is 79.9. The maximum absolute atomic E-state index is 11.9. The first-order chi connectivity index (χ1) is 9.70. The van der Waals surface area contributed by atoms with Gasteiger partial charge in [-0.2, -0.15) is 0 Å². The Morgan fingerprint density at radius 1 is 1.15 bits per heavy atom. The molecule has 0 atom stereocenters. The van der Waals surface area contributed by atoms with Crippen LogP contribution in [0.1, 0.15) is 5.56 Å². The van der Waals surface area contributed by atoms with E-state index in [0.717, 1.165) is 10.0 Å². The van der Waals surface area contributed by atoms with E-state index in [2.05, 4.69) is 21.2 Å². The van der Waals surface area contributed by atoms with Crippen molar-refractivity contribution in [3.8, 4) is 5.75 Å². The average Bonchev–Trinajstić information content (AvgIpc) is 2.47. The maximum atomic E-state index is 11.9. The summed E-state index contributed by atoms with van der Waals surface area (Å²) in [5.74, 6) is 0.431. The van der Waals surface area contributed by atoms with Crippen LogP contribution < -0.4 is 10.1 Å². The Morgan fingerprint density at radius 2 is 1.85 bits per heavy atom. The van der Waals surface area contributed by atoms with Crippen LogP contribution in [0.3, 0.4) is 0 Å². The largest absolute Gasteiger partial charge is 0.495 e. The molecule has 0 aliphatic heterocycles. The zero-order valence-corrected chi connectivity index (χ0v) is 12.6. The van der Waals surface area contributed by atoms with Crippen LogP contribution in [0.4, 0.5) is 5.69 Å². The van der Waals surface area contributed by atoms with Crippen molar-refractivity contribution < 1.29 is 9.53 Å². The van der Waals surface area contributed by atoms with Crippen molar-refractivity contribution in [3.63, 3.8) is 0 Å². The molecule has 1 amide bonds. The predicted octanol–water partition coefficient (Wildman–Crippen LogP) is 4.11. The van der Waals surface area contributed by atoms with Gasteiger partial charge >= 0.3 is 0 Å². The van der Waals surface area contributed by atoms with Gasteiger partial charge in [-0.3, -0.25) is 4.79 Å². The number of hydrogen-bond acceptors (Lipinski definition) is 2. The molecule has 0 saturated carbocycles. The number of nitrogens with one attached hydrogen (secondary N) is 1. The molecule has 2 rings (SSSR count). The molecule has 1 N–H and O–H groups in total. The van der Waals surface area contributed by atoms with E-state index in [0.29, 0.717) is 11.4 Å². The van der Waals surface area contributed by atoms with Crippen LogP contribution in [0.2, 0.25) is 0 Å². The lowest BCUT2D eigenvalue weighted by Crippen LogP contribution is -2.08. The molecular weight excluding hydrogens is 318 g/mol. The molecule has 2 aromatic carbocycles. The van der Waals surface area contributed by atoms with E-state index < -0.39 is 0 Å². The predicted molar refractivity (Wildman–Crippen MR) is 84.8 cm³/mol. The zero-order valence-electron chi connectivity index (χ0n) is 11.0. The van der Waals surface area contributed by atoms with E-state index in [-0.39, 0.29) is 5.91 Å². The lowest BCUT2D eigenvalue weighted by molar-refractivity contribution is -0.111. The minimum Gasteiger partial charge on any atom is -0.495 e. The van der Waals surface area contributed by atoms with Crippen molar-refractivity contribution in [2.45, 2.75) is 0 Å². The SMILES string of the molecule is COc1ccccc1NC(=O)/C=C/c1ccccc1Br. The number of carbonyl (C=O) groups excluding carboxylic acids is 1. The lowest BCUT2D eigenvalue weighted by atomic mass is 10.2. The Hall–Kier alpha value is -2.07. The van der Waals surface area contributed by atoms with Gasteiger partial charge in [-0.05, 0) is 29.8 Å². The van der Waals surface area contributed by atoms with Crippen LogP contribution in [0.5, 0.6) is 5.75 Å². The van der Waals surface area contributed by atoms with Gasteiger partial charge in [-0.1, -0.05) is 46.3 Å². The number of hydrogen-bond donors (Lipinski definition) is 1. The van der Waals surface area contributed by atoms with Gasteiger partial charge in [-0.25, -0.2) is 0 Å². The molecule has 0 aromatic heterocycles. The first-order valence-corrected chi connectivity index (χ1v) is 6.86. The van der Waals surface area contributed by atoms with Gasteiger partial charge in [-0.15, -0.1) is 0 Å². The number of methoxy groups -OCH3 is 1. The van der Waals surface area contributed by atoms with Crippen LogP contribution in [0.25, 0.3) is 6.08 Å². The topological polar surface area (TPSA) is 38.3 Å². The Balaban J connectivity index is 2.08. The second kappa shape index (κ2) is 6.91. The van der Waals surface area contributed by atoms with Crippen molar-refractivity contribution in [2.75, 3.05) is 12.4 Å². The van der Waals surface area contributed by atoms with Gasteiger partial charge in [0, 0.05) is 10.5 Å². The summed E-state index contributed by atoms with van der Waals surface area (Å²) >= 11 is 3.43. The summed E-state index contributed by atoms with van der Waals surface area (Å²) < 4.78 is 6.13. The van der Waals surface area contributed by atoms with Gasteiger partial charge in [0.25, 0.3) is 0 Å². The Bertz CT molecular complexity index is 638. The highest BCUT2D eigenvalue weighted by Crippen LogP contribution is 2.23. The maximum Gasteiger partial charge on any atom is 0.248 e. The molecule has 3 nitrogen and oxygen atoms in total. The standard InChI is InChI=1S/C16H14BrNO2/c1-20-15-9-5-4-8-14(15)18-16(19)11-10-12-6-2-3-7-13(12)17/h2-11H,1H3,(H,18,19)/b11-10+. The monoisotopic (exact) mass is 331 g/mol. The molecule has 0 unspecified atom stereocenters. The van der Waals surface area contributed by atoms with E-state index in [4.69, 9.17) is 4.74 Å².